The van der Waals surface area contributed by atoms with Gasteiger partial charge in [-0.05, 0) is 12.8 Å². The molecule has 0 aliphatic heterocycles. The standard InChI is InChI=1S/2C13H9.C2H6Si.2CH3.Ti/c2*1-3-7-12-10(5-1)9-11-6-2-4-8-13(11)12;1-3-2;;;/h2*1-5,7-8H,9H2;1-2H3;2*1H3;/q2*-1;;2*-1;. The van der Waals surface area contributed by atoms with E-state index in [1.54, 1.807) is 0 Å². The zero-order valence-electron chi connectivity index (χ0n) is 19.5. The number of hydrogen-bond donors (Lipinski definition) is 0. The smallest absolute Gasteiger partial charge is 0.0253 e. The molecule has 0 spiro atoms. The Bertz CT molecular complexity index is 1010. The van der Waals surface area contributed by atoms with E-state index in [1.165, 1.54) is 44.5 Å². The topological polar surface area (TPSA) is 0 Å². The molecule has 0 nitrogen and oxygen atoms in total. The maximum atomic E-state index is 3.30. The van der Waals surface area contributed by atoms with Crippen LogP contribution in [0.25, 0.3) is 22.3 Å². The van der Waals surface area contributed by atoms with Gasteiger partial charge in [0.05, 0.1) is 0 Å². The molecule has 0 unspecified atom stereocenters. The van der Waals surface area contributed by atoms with Crippen LogP contribution in [0.4, 0.5) is 0 Å². The summed E-state index contributed by atoms with van der Waals surface area (Å²) in [5.74, 6) is 0. The summed E-state index contributed by atoms with van der Waals surface area (Å²) in [4.78, 5) is 0. The molecule has 4 aromatic rings. The second-order valence-corrected chi connectivity index (χ2v) is 14.5. The molecule has 2 aliphatic rings. The van der Waals surface area contributed by atoms with Crippen molar-refractivity contribution in [3.8, 4) is 22.3 Å². The van der Waals surface area contributed by atoms with E-state index < -0.39 is 0 Å². The molecule has 162 valence electrons. The third-order valence-corrected chi connectivity index (χ3v) is 5.23. The first-order valence-corrected chi connectivity index (χ1v) is 15.1. The van der Waals surface area contributed by atoms with Crippen molar-refractivity contribution in [2.24, 2.45) is 0 Å². The molecule has 32 heavy (non-hydrogen) atoms. The van der Waals surface area contributed by atoms with E-state index in [2.05, 4.69) is 117 Å². The van der Waals surface area contributed by atoms with Gasteiger partial charge < -0.3 is 14.9 Å². The van der Waals surface area contributed by atoms with Crippen LogP contribution in [-0.2, 0) is 32.0 Å². The van der Waals surface area contributed by atoms with Gasteiger partial charge in [0.25, 0.3) is 0 Å². The molecule has 0 saturated heterocycles. The fraction of sp³-hybridized carbons (Fsp3) is 0.133. The number of rotatable bonds is 0. The van der Waals surface area contributed by atoms with E-state index in [-0.39, 0.29) is 21.0 Å². The first kappa shape index (κ1) is 26.1. The molecule has 0 amide bonds. The molecule has 0 radical (unpaired) electrons. The van der Waals surface area contributed by atoms with Crippen LogP contribution < -0.4 is 0 Å². The first-order valence-electron chi connectivity index (χ1n) is 10.3. The molecule has 2 heteroatoms. The van der Waals surface area contributed by atoms with E-state index in [4.69, 9.17) is 0 Å². The molecule has 2 aliphatic carbocycles. The molecule has 0 fully saturated rings. The summed E-state index contributed by atoms with van der Waals surface area (Å²) in [6.45, 7) is 4.54. The Morgan fingerprint density at radius 3 is 1.34 bits per heavy atom. The fourth-order valence-corrected chi connectivity index (χ4v) is 4.00. The minimum atomic E-state index is 0. The van der Waals surface area contributed by atoms with Crippen molar-refractivity contribution >= 4 is 6.19 Å². The van der Waals surface area contributed by atoms with Crippen LogP contribution in [0.1, 0.15) is 22.3 Å². The molecule has 0 atom stereocenters. The van der Waals surface area contributed by atoms with Crippen molar-refractivity contribution in [3.05, 3.63) is 134 Å². The Balaban J connectivity index is 0.000000185. The van der Waals surface area contributed by atoms with Crippen LogP contribution in [0.2, 0.25) is 13.1 Å². The fourth-order valence-electron chi connectivity index (χ4n) is 4.00. The molecule has 0 bridgehead atoms. The average Bonchev–Trinajstić information content (AvgIpc) is 3.32. The maximum Gasteiger partial charge on any atom is -0.0253 e. The second-order valence-electron chi connectivity index (χ2n) is 7.79. The van der Waals surface area contributed by atoms with Crippen LogP contribution in [0.3, 0.4) is 0 Å². The van der Waals surface area contributed by atoms with Gasteiger partial charge in [-0.1, -0.05) is 70.8 Å². The zero-order chi connectivity index (χ0) is 20.9. The van der Waals surface area contributed by atoms with Gasteiger partial charge in [0, 0.05) is 0 Å². The summed E-state index contributed by atoms with van der Waals surface area (Å²) in [6, 6.07) is 36.2. The van der Waals surface area contributed by atoms with Gasteiger partial charge in [-0.25, -0.2) is 0 Å². The van der Waals surface area contributed by atoms with Crippen molar-refractivity contribution in [1.29, 1.82) is 0 Å². The van der Waals surface area contributed by atoms with Gasteiger partial charge in [0.2, 0.25) is 0 Å². The van der Waals surface area contributed by atoms with E-state index in [1.807, 2.05) is 12.1 Å². The summed E-state index contributed by atoms with van der Waals surface area (Å²) in [5.41, 5.74) is 11.0. The van der Waals surface area contributed by atoms with Gasteiger partial charge in [-0.15, -0.1) is 11.1 Å². The van der Waals surface area contributed by atoms with Crippen molar-refractivity contribution in [2.45, 2.75) is 25.9 Å². The Hall–Kier alpha value is -2.19. The molecular formula is C30H30SiTi-4. The number of benzene rings is 4. The summed E-state index contributed by atoms with van der Waals surface area (Å²) in [5, 5.41) is 0. The van der Waals surface area contributed by atoms with E-state index in [0.29, 0.717) is 0 Å². The Morgan fingerprint density at radius 1 is 0.594 bits per heavy atom. The van der Waals surface area contributed by atoms with Crippen LogP contribution in [-0.4, -0.2) is 6.19 Å². The number of hydrogen-bond acceptors (Lipinski definition) is 0. The normalized spacial score (nSPS) is 10.8. The molecule has 6 rings (SSSR count). The minimum absolute atomic E-state index is 0. The largest absolute Gasteiger partial charge is 0.358 e. The quantitative estimate of drug-likeness (QED) is 0.158. The molecule has 0 N–H and O–H groups in total. The van der Waals surface area contributed by atoms with Crippen molar-refractivity contribution < 1.29 is 19.2 Å². The Morgan fingerprint density at radius 2 is 0.938 bits per heavy atom. The van der Waals surface area contributed by atoms with Crippen LogP contribution in [0.5, 0.6) is 0 Å². The van der Waals surface area contributed by atoms with E-state index in [0.717, 1.165) is 12.8 Å². The van der Waals surface area contributed by atoms with Gasteiger partial charge in [-0.2, -0.15) is 59.7 Å². The van der Waals surface area contributed by atoms with Gasteiger partial charge in [0.1, 0.15) is 0 Å². The molecule has 0 aromatic heterocycles. The molecule has 4 aromatic carbocycles. The van der Waals surface area contributed by atoms with Crippen molar-refractivity contribution in [1.82, 2.24) is 0 Å². The summed E-state index contributed by atoms with van der Waals surface area (Å²) in [6.07, 6.45) is 2.22. The molecule has 0 saturated carbocycles. The van der Waals surface area contributed by atoms with Gasteiger partial charge >= 0.3 is 38.5 Å². The monoisotopic (exact) mass is 466 g/mol. The third kappa shape index (κ3) is 5.98. The van der Waals surface area contributed by atoms with Crippen LogP contribution in [0.15, 0.2) is 84.9 Å². The van der Waals surface area contributed by atoms with Crippen LogP contribution >= 0.6 is 0 Å². The summed E-state index contributed by atoms with van der Waals surface area (Å²) in [7, 11) is 0. The van der Waals surface area contributed by atoms with Crippen molar-refractivity contribution in [3.63, 3.8) is 0 Å². The van der Waals surface area contributed by atoms with Crippen LogP contribution in [0, 0.1) is 27.0 Å². The van der Waals surface area contributed by atoms with E-state index in [9.17, 15) is 0 Å². The summed E-state index contributed by atoms with van der Waals surface area (Å²) < 4.78 is 0. The Labute approximate surface area is 207 Å². The Kier molecular flexibility index (Phi) is 9.90. The van der Waals surface area contributed by atoms with E-state index >= 15 is 0 Å². The third-order valence-electron chi connectivity index (χ3n) is 5.23. The summed E-state index contributed by atoms with van der Waals surface area (Å²) >= 11 is 2.27. The maximum absolute atomic E-state index is 3.30. The molecular weight excluding hydrogens is 436 g/mol. The predicted octanol–water partition coefficient (Wildman–Crippen LogP) is 7.80. The van der Waals surface area contributed by atoms with Gasteiger partial charge in [0.15, 0.2) is 0 Å². The van der Waals surface area contributed by atoms with Crippen molar-refractivity contribution in [2.75, 3.05) is 0 Å². The SMILES string of the molecule is C[Si](C)=[Ti].[CH3-].[CH3-].[c-]1cccc2c1Cc1ccccc1-2.[c-]1cccc2c1Cc1ccccc1-2. The molecule has 0 heterocycles. The number of fused-ring (bicyclic) bond motifs is 6. The predicted molar refractivity (Wildman–Crippen MR) is 137 cm³/mol. The second kappa shape index (κ2) is 12.2. The minimum Gasteiger partial charge on any atom is -0.358 e. The first-order chi connectivity index (χ1) is 14.6. The van der Waals surface area contributed by atoms with Gasteiger partial charge in [-0.3, -0.25) is 0 Å². The zero-order valence-corrected chi connectivity index (χ0v) is 22.1. The average molecular weight is 467 g/mol.